The molecule has 0 saturated carbocycles. The highest BCUT2D eigenvalue weighted by molar-refractivity contribution is 6.31. The van der Waals surface area contributed by atoms with E-state index in [-0.39, 0.29) is 0 Å². The largest absolute Gasteiger partial charge is 0.254 e. The van der Waals surface area contributed by atoms with Gasteiger partial charge < -0.3 is 0 Å². The average Bonchev–Trinajstić information content (AvgIpc) is 2.80. The normalized spacial score (nSPS) is 11.1. The molecular weight excluding hydrogens is 423 g/mol. The van der Waals surface area contributed by atoms with E-state index in [1.165, 1.54) is 5.56 Å². The Labute approximate surface area is 191 Å². The van der Waals surface area contributed by atoms with Gasteiger partial charge in [-0.05, 0) is 54.4 Å². The minimum Gasteiger partial charge on any atom is -0.254 e. The number of benzene rings is 3. The van der Waals surface area contributed by atoms with Crippen LogP contribution in [0.5, 0.6) is 0 Å². The number of aryl methyl sites for hydroxylation is 1. The summed E-state index contributed by atoms with van der Waals surface area (Å²) in [6, 6.07) is 28.2. The van der Waals surface area contributed by atoms with Crippen LogP contribution in [0, 0.1) is 6.92 Å². The van der Waals surface area contributed by atoms with Crippen LogP contribution in [0.3, 0.4) is 0 Å². The van der Waals surface area contributed by atoms with Crippen LogP contribution in [0.4, 0.5) is 0 Å². The van der Waals surface area contributed by atoms with Crippen molar-refractivity contribution in [2.45, 2.75) is 6.92 Å². The quantitative estimate of drug-likeness (QED) is 0.282. The molecule has 0 atom stereocenters. The van der Waals surface area contributed by atoms with Crippen LogP contribution in [0.15, 0.2) is 91.1 Å². The Morgan fingerprint density at radius 3 is 1.87 bits per heavy atom. The summed E-state index contributed by atoms with van der Waals surface area (Å²) in [6.45, 7) is 2.09. The van der Waals surface area contributed by atoms with E-state index in [1.54, 1.807) is 0 Å². The van der Waals surface area contributed by atoms with Gasteiger partial charge in [0.15, 0.2) is 0 Å². The second kappa shape index (κ2) is 8.14. The van der Waals surface area contributed by atoms with Crippen molar-refractivity contribution in [3.8, 4) is 33.6 Å². The molecular formula is C27H18Cl2N2. The fourth-order valence-corrected chi connectivity index (χ4v) is 3.96. The Morgan fingerprint density at radius 1 is 0.645 bits per heavy atom. The first-order chi connectivity index (χ1) is 15.1. The molecule has 0 saturated heterocycles. The predicted molar refractivity (Wildman–Crippen MR) is 131 cm³/mol. The molecule has 0 aliphatic rings. The first-order valence-corrected chi connectivity index (χ1v) is 10.7. The lowest BCUT2D eigenvalue weighted by Crippen LogP contribution is -1.94. The first-order valence-electron chi connectivity index (χ1n) is 9.97. The summed E-state index contributed by atoms with van der Waals surface area (Å²) < 4.78 is 0. The van der Waals surface area contributed by atoms with E-state index in [0.717, 1.165) is 44.5 Å². The Kier molecular flexibility index (Phi) is 5.19. The smallest absolute Gasteiger partial charge is 0.0978 e. The monoisotopic (exact) mass is 440 g/mol. The zero-order valence-electron chi connectivity index (χ0n) is 16.8. The fraction of sp³-hybridized carbons (Fsp3) is 0.0370. The Hall–Kier alpha value is -3.20. The van der Waals surface area contributed by atoms with Crippen LogP contribution in [-0.2, 0) is 0 Å². The maximum Gasteiger partial charge on any atom is 0.0978 e. The average molecular weight is 441 g/mol. The maximum atomic E-state index is 6.11. The molecule has 0 aliphatic carbocycles. The van der Waals surface area contributed by atoms with Gasteiger partial charge in [-0.1, -0.05) is 77.3 Å². The van der Waals surface area contributed by atoms with Crippen LogP contribution in [0.25, 0.3) is 44.5 Å². The summed E-state index contributed by atoms with van der Waals surface area (Å²) in [7, 11) is 0. The highest BCUT2D eigenvalue weighted by atomic mass is 35.5. The molecule has 3 aromatic carbocycles. The van der Waals surface area contributed by atoms with Crippen molar-refractivity contribution < 1.29 is 0 Å². The molecule has 0 amide bonds. The lowest BCUT2D eigenvalue weighted by Gasteiger charge is -2.13. The van der Waals surface area contributed by atoms with Gasteiger partial charge in [0.25, 0.3) is 0 Å². The van der Waals surface area contributed by atoms with Gasteiger partial charge in [0.2, 0.25) is 0 Å². The van der Waals surface area contributed by atoms with Crippen LogP contribution in [0.1, 0.15) is 5.56 Å². The molecule has 0 fully saturated rings. The number of nitrogens with zero attached hydrogens (tertiary/aromatic N) is 2. The number of halogens is 2. The van der Waals surface area contributed by atoms with E-state index < -0.39 is 0 Å². The summed E-state index contributed by atoms with van der Waals surface area (Å²) in [4.78, 5) is 9.72. The lowest BCUT2D eigenvalue weighted by atomic mass is 9.96. The number of pyridine rings is 2. The van der Waals surface area contributed by atoms with Crippen molar-refractivity contribution in [1.29, 1.82) is 0 Å². The summed E-state index contributed by atoms with van der Waals surface area (Å²) in [5.41, 5.74) is 8.03. The van der Waals surface area contributed by atoms with Crippen LogP contribution in [-0.4, -0.2) is 9.97 Å². The molecule has 31 heavy (non-hydrogen) atoms. The summed E-state index contributed by atoms with van der Waals surface area (Å²) >= 11 is 12.2. The molecule has 5 aromatic rings. The van der Waals surface area contributed by atoms with Gasteiger partial charge in [0.05, 0.1) is 16.9 Å². The summed E-state index contributed by atoms with van der Waals surface area (Å²) in [5, 5.41) is 2.45. The van der Waals surface area contributed by atoms with Gasteiger partial charge in [-0.15, -0.1) is 0 Å². The number of aromatic nitrogens is 2. The van der Waals surface area contributed by atoms with Crippen LogP contribution in [0.2, 0.25) is 10.0 Å². The second-order valence-electron chi connectivity index (χ2n) is 7.49. The number of fused-ring (bicyclic) bond motifs is 1. The number of hydrogen-bond acceptors (Lipinski definition) is 2. The van der Waals surface area contributed by atoms with Gasteiger partial charge in [0, 0.05) is 32.8 Å². The molecule has 0 unspecified atom stereocenters. The van der Waals surface area contributed by atoms with Gasteiger partial charge in [-0.3, -0.25) is 4.98 Å². The molecule has 2 heterocycles. The topological polar surface area (TPSA) is 25.8 Å². The van der Waals surface area contributed by atoms with Crippen molar-refractivity contribution in [3.63, 3.8) is 0 Å². The van der Waals surface area contributed by atoms with E-state index in [9.17, 15) is 0 Å². The minimum atomic E-state index is 0.694. The summed E-state index contributed by atoms with van der Waals surface area (Å²) in [5.74, 6) is 0. The predicted octanol–water partition coefficient (Wildman–Crippen LogP) is 8.25. The standard InChI is InChI=1S/C27H18Cl2N2/c1-17-2-4-18(5-3-17)24-16-25(19-6-10-21(28)11-7-19)31-27-23(24)14-15-30-26(27)20-8-12-22(29)13-9-20/h2-16H,1H3. The molecule has 0 N–H and O–H groups in total. The Morgan fingerprint density at radius 2 is 1.23 bits per heavy atom. The van der Waals surface area contributed by atoms with Gasteiger partial charge in [-0.2, -0.15) is 0 Å². The number of rotatable bonds is 3. The third-order valence-corrected chi connectivity index (χ3v) is 5.85. The zero-order chi connectivity index (χ0) is 21.4. The van der Waals surface area contributed by atoms with Crippen molar-refractivity contribution in [1.82, 2.24) is 9.97 Å². The third kappa shape index (κ3) is 3.93. The van der Waals surface area contributed by atoms with Crippen LogP contribution < -0.4 is 0 Å². The Bertz CT molecular complexity index is 1370. The van der Waals surface area contributed by atoms with E-state index in [0.29, 0.717) is 10.0 Å². The molecule has 5 rings (SSSR count). The minimum absolute atomic E-state index is 0.694. The van der Waals surface area contributed by atoms with Gasteiger partial charge in [0.1, 0.15) is 0 Å². The Balaban J connectivity index is 1.82. The zero-order valence-corrected chi connectivity index (χ0v) is 18.3. The van der Waals surface area contributed by atoms with Gasteiger partial charge in [-0.25, -0.2) is 4.98 Å². The highest BCUT2D eigenvalue weighted by Gasteiger charge is 2.14. The summed E-state index contributed by atoms with van der Waals surface area (Å²) in [6.07, 6.45) is 1.84. The molecule has 2 nitrogen and oxygen atoms in total. The second-order valence-corrected chi connectivity index (χ2v) is 8.36. The molecule has 0 radical (unpaired) electrons. The van der Waals surface area contributed by atoms with Crippen molar-refractivity contribution >= 4 is 34.1 Å². The number of hydrogen-bond donors (Lipinski definition) is 0. The van der Waals surface area contributed by atoms with E-state index in [4.69, 9.17) is 28.2 Å². The molecule has 0 aliphatic heterocycles. The SMILES string of the molecule is Cc1ccc(-c2cc(-c3ccc(Cl)cc3)nc3c(-c4ccc(Cl)cc4)nccc23)cc1. The molecule has 4 heteroatoms. The molecule has 0 bridgehead atoms. The highest BCUT2D eigenvalue weighted by Crippen LogP contribution is 2.36. The molecule has 0 spiro atoms. The van der Waals surface area contributed by atoms with Gasteiger partial charge >= 0.3 is 0 Å². The molecule has 150 valence electrons. The first kappa shape index (κ1) is 19.7. The maximum absolute atomic E-state index is 6.11. The lowest BCUT2D eigenvalue weighted by molar-refractivity contribution is 1.31. The van der Waals surface area contributed by atoms with Crippen molar-refractivity contribution in [3.05, 3.63) is 107 Å². The van der Waals surface area contributed by atoms with E-state index in [1.807, 2.05) is 60.8 Å². The van der Waals surface area contributed by atoms with E-state index in [2.05, 4.69) is 42.2 Å². The fourth-order valence-electron chi connectivity index (χ4n) is 3.71. The van der Waals surface area contributed by atoms with Crippen molar-refractivity contribution in [2.75, 3.05) is 0 Å². The van der Waals surface area contributed by atoms with Crippen LogP contribution >= 0.6 is 23.2 Å². The third-order valence-electron chi connectivity index (χ3n) is 5.35. The van der Waals surface area contributed by atoms with Crippen molar-refractivity contribution in [2.24, 2.45) is 0 Å². The van der Waals surface area contributed by atoms with E-state index >= 15 is 0 Å². The molecule has 2 aromatic heterocycles.